The van der Waals surface area contributed by atoms with Crippen molar-refractivity contribution in [3.63, 3.8) is 0 Å². The molecule has 25 heavy (non-hydrogen) atoms. The third-order valence-corrected chi connectivity index (χ3v) is 5.10. The van der Waals surface area contributed by atoms with Crippen molar-refractivity contribution in [2.45, 2.75) is 10.6 Å². The molecule has 2 aromatic heterocycles. The molecular weight excluding hydrogens is 337 g/mol. The number of halogens is 1. The Morgan fingerprint density at radius 2 is 1.96 bits per heavy atom. The van der Waals surface area contributed by atoms with Crippen LogP contribution in [0.1, 0.15) is 5.69 Å². The minimum atomic E-state index is -0.234. The summed E-state index contributed by atoms with van der Waals surface area (Å²) in [6.07, 6.45) is 1.91. The molecule has 0 unspecified atom stereocenters. The normalized spacial score (nSPS) is 11.1. The molecule has 2 heterocycles. The summed E-state index contributed by atoms with van der Waals surface area (Å²) in [7, 11) is 1.65. The molecule has 6 heteroatoms. The number of rotatable bonds is 5. The average molecular weight is 353 g/mol. The van der Waals surface area contributed by atoms with Gasteiger partial charge in [0.1, 0.15) is 11.6 Å². The summed E-state index contributed by atoms with van der Waals surface area (Å²) in [5, 5.41) is 8.48. The van der Waals surface area contributed by atoms with Crippen molar-refractivity contribution in [2.24, 2.45) is 0 Å². The predicted octanol–water partition coefficient (Wildman–Crippen LogP) is 5.00. The highest BCUT2D eigenvalue weighted by Gasteiger charge is 2.08. The van der Waals surface area contributed by atoms with E-state index in [1.165, 1.54) is 12.1 Å². The standard InChI is InChI=1S/C19H16FN3OS/c1-24-15-5-2-12(3-6-15)17-9-14(22-23-17)11-25-19-10-21-18-8-13(20)4-7-16(18)19/h2-10,21H,11H2,1H3,(H,22,23). The lowest BCUT2D eigenvalue weighted by Gasteiger charge is -2.00. The van der Waals surface area contributed by atoms with Gasteiger partial charge in [0.15, 0.2) is 0 Å². The zero-order valence-electron chi connectivity index (χ0n) is 13.5. The Hall–Kier alpha value is -2.73. The predicted molar refractivity (Wildman–Crippen MR) is 98.4 cm³/mol. The molecule has 0 atom stereocenters. The fraction of sp³-hybridized carbons (Fsp3) is 0.105. The van der Waals surface area contributed by atoms with E-state index in [1.54, 1.807) is 24.9 Å². The zero-order valence-corrected chi connectivity index (χ0v) is 14.4. The summed E-state index contributed by atoms with van der Waals surface area (Å²) in [6.45, 7) is 0. The van der Waals surface area contributed by atoms with Crippen LogP contribution in [-0.4, -0.2) is 22.3 Å². The van der Waals surface area contributed by atoms with Crippen LogP contribution in [0.4, 0.5) is 4.39 Å². The Bertz CT molecular complexity index is 1010. The SMILES string of the molecule is COc1ccc(-c2cc(CSc3c[nH]c4cc(F)ccc34)n[nH]2)cc1. The molecular formula is C19H16FN3OS. The van der Waals surface area contributed by atoms with Crippen molar-refractivity contribution >= 4 is 22.7 Å². The molecule has 2 N–H and O–H groups in total. The number of ether oxygens (including phenoxy) is 1. The van der Waals surface area contributed by atoms with Crippen LogP contribution >= 0.6 is 11.8 Å². The van der Waals surface area contributed by atoms with Gasteiger partial charge in [-0.15, -0.1) is 11.8 Å². The highest BCUT2D eigenvalue weighted by Crippen LogP contribution is 2.31. The summed E-state index contributed by atoms with van der Waals surface area (Å²) in [6, 6.07) is 14.7. The lowest BCUT2D eigenvalue weighted by Crippen LogP contribution is -1.82. The van der Waals surface area contributed by atoms with Crippen LogP contribution in [0.2, 0.25) is 0 Å². The van der Waals surface area contributed by atoms with E-state index in [0.29, 0.717) is 0 Å². The van der Waals surface area contributed by atoms with Gasteiger partial charge in [-0.25, -0.2) is 4.39 Å². The number of nitrogens with one attached hydrogen (secondary N) is 2. The first-order valence-electron chi connectivity index (χ1n) is 7.81. The second-order valence-electron chi connectivity index (χ2n) is 5.63. The molecule has 0 aliphatic heterocycles. The second-order valence-corrected chi connectivity index (χ2v) is 6.65. The highest BCUT2D eigenvalue weighted by molar-refractivity contribution is 7.98. The summed E-state index contributed by atoms with van der Waals surface area (Å²) >= 11 is 1.67. The fourth-order valence-corrected chi connectivity index (χ4v) is 3.63. The molecule has 126 valence electrons. The number of hydrogen-bond acceptors (Lipinski definition) is 3. The number of aromatic nitrogens is 3. The molecule has 0 radical (unpaired) electrons. The van der Waals surface area contributed by atoms with E-state index in [2.05, 4.69) is 15.2 Å². The van der Waals surface area contributed by atoms with Gasteiger partial charge < -0.3 is 9.72 Å². The lowest BCUT2D eigenvalue weighted by molar-refractivity contribution is 0.415. The molecule has 0 bridgehead atoms. The van der Waals surface area contributed by atoms with Crippen LogP contribution in [0.15, 0.2) is 59.6 Å². The molecule has 4 rings (SSSR count). The number of benzene rings is 2. The van der Waals surface area contributed by atoms with E-state index >= 15 is 0 Å². The summed E-state index contributed by atoms with van der Waals surface area (Å²) in [5.74, 6) is 1.33. The van der Waals surface area contributed by atoms with E-state index < -0.39 is 0 Å². The summed E-state index contributed by atoms with van der Waals surface area (Å²) in [4.78, 5) is 4.19. The highest BCUT2D eigenvalue weighted by atomic mass is 32.2. The van der Waals surface area contributed by atoms with Crippen molar-refractivity contribution in [3.05, 3.63) is 66.2 Å². The van der Waals surface area contributed by atoms with Gasteiger partial charge in [-0.1, -0.05) is 0 Å². The number of nitrogens with zero attached hydrogens (tertiary/aromatic N) is 1. The molecule has 2 aromatic carbocycles. The molecule has 4 nitrogen and oxygen atoms in total. The van der Waals surface area contributed by atoms with Crippen molar-refractivity contribution < 1.29 is 9.13 Å². The number of hydrogen-bond donors (Lipinski definition) is 2. The van der Waals surface area contributed by atoms with Gasteiger partial charge in [0, 0.05) is 27.7 Å². The Morgan fingerprint density at radius 1 is 1.12 bits per heavy atom. The van der Waals surface area contributed by atoms with Crippen molar-refractivity contribution in [1.82, 2.24) is 15.2 Å². The fourth-order valence-electron chi connectivity index (χ4n) is 2.70. The molecule has 0 spiro atoms. The molecule has 0 aliphatic carbocycles. The van der Waals surface area contributed by atoms with Crippen molar-refractivity contribution in [1.29, 1.82) is 0 Å². The molecule has 0 saturated carbocycles. The largest absolute Gasteiger partial charge is 0.497 e. The molecule has 4 aromatic rings. The maximum Gasteiger partial charge on any atom is 0.125 e. The molecule has 0 saturated heterocycles. The second kappa shape index (κ2) is 6.64. The molecule has 0 amide bonds. The topological polar surface area (TPSA) is 53.7 Å². The van der Waals surface area contributed by atoms with Gasteiger partial charge in [-0.3, -0.25) is 5.10 Å². The Balaban J connectivity index is 1.48. The van der Waals surface area contributed by atoms with E-state index in [4.69, 9.17) is 4.74 Å². The van der Waals surface area contributed by atoms with Gasteiger partial charge in [0.2, 0.25) is 0 Å². The van der Waals surface area contributed by atoms with Gasteiger partial charge in [-0.2, -0.15) is 5.10 Å². The number of aromatic amines is 2. The molecule has 0 aliphatic rings. The Kier molecular flexibility index (Phi) is 4.19. The number of methoxy groups -OCH3 is 1. The lowest BCUT2D eigenvalue weighted by atomic mass is 10.1. The number of thioether (sulfide) groups is 1. The van der Waals surface area contributed by atoms with Gasteiger partial charge in [-0.05, 0) is 54.1 Å². The smallest absolute Gasteiger partial charge is 0.125 e. The van der Waals surface area contributed by atoms with Gasteiger partial charge in [0.05, 0.1) is 18.5 Å². The van der Waals surface area contributed by atoms with Crippen molar-refractivity contribution in [3.8, 4) is 17.0 Å². The van der Waals surface area contributed by atoms with Crippen LogP contribution in [0.3, 0.4) is 0 Å². The third kappa shape index (κ3) is 3.25. The maximum atomic E-state index is 13.3. The average Bonchev–Trinajstić information content (AvgIpc) is 3.26. The zero-order chi connectivity index (χ0) is 17.2. The van der Waals surface area contributed by atoms with Gasteiger partial charge >= 0.3 is 0 Å². The van der Waals surface area contributed by atoms with E-state index in [9.17, 15) is 4.39 Å². The first kappa shape index (κ1) is 15.8. The first-order valence-corrected chi connectivity index (χ1v) is 8.79. The van der Waals surface area contributed by atoms with Crippen LogP contribution in [0, 0.1) is 5.82 Å². The minimum absolute atomic E-state index is 0.234. The number of fused-ring (bicyclic) bond motifs is 1. The molecule has 0 fully saturated rings. The summed E-state index contributed by atoms with van der Waals surface area (Å²) < 4.78 is 18.4. The first-order chi connectivity index (χ1) is 12.2. The monoisotopic (exact) mass is 353 g/mol. The van der Waals surface area contributed by atoms with E-state index in [-0.39, 0.29) is 5.82 Å². The van der Waals surface area contributed by atoms with Crippen LogP contribution in [-0.2, 0) is 5.75 Å². The van der Waals surface area contributed by atoms with Crippen LogP contribution in [0.25, 0.3) is 22.2 Å². The number of H-pyrrole nitrogens is 2. The third-order valence-electron chi connectivity index (χ3n) is 4.01. The van der Waals surface area contributed by atoms with Crippen LogP contribution < -0.4 is 4.74 Å². The van der Waals surface area contributed by atoms with E-state index in [0.717, 1.165) is 44.3 Å². The Morgan fingerprint density at radius 3 is 2.76 bits per heavy atom. The Labute approximate surface area is 148 Å². The van der Waals surface area contributed by atoms with E-state index in [1.807, 2.05) is 36.5 Å². The maximum absolute atomic E-state index is 13.3. The summed E-state index contributed by atoms with van der Waals surface area (Å²) in [5.41, 5.74) is 3.81. The van der Waals surface area contributed by atoms with Gasteiger partial charge in [0.25, 0.3) is 0 Å². The van der Waals surface area contributed by atoms with Crippen molar-refractivity contribution in [2.75, 3.05) is 7.11 Å². The minimum Gasteiger partial charge on any atom is -0.497 e. The van der Waals surface area contributed by atoms with Crippen LogP contribution in [0.5, 0.6) is 5.75 Å². The quantitative estimate of drug-likeness (QED) is 0.497.